The van der Waals surface area contributed by atoms with Crippen molar-refractivity contribution >= 4 is 11.9 Å². The van der Waals surface area contributed by atoms with E-state index < -0.39 is 5.91 Å². The van der Waals surface area contributed by atoms with Gasteiger partial charge in [0.1, 0.15) is 6.54 Å². The molecule has 20 heavy (non-hydrogen) atoms. The predicted molar refractivity (Wildman–Crippen MR) is 74.2 cm³/mol. The van der Waals surface area contributed by atoms with Gasteiger partial charge in [-0.1, -0.05) is 18.4 Å². The van der Waals surface area contributed by atoms with E-state index in [2.05, 4.69) is 22.4 Å². The summed E-state index contributed by atoms with van der Waals surface area (Å²) in [6, 6.07) is 0.334. The van der Waals surface area contributed by atoms with Crippen LogP contribution in [-0.4, -0.2) is 49.5 Å². The van der Waals surface area contributed by atoms with Gasteiger partial charge in [-0.15, -0.1) is 5.10 Å². The number of nitrogens with two attached hydrogens (primary N) is 1. The lowest BCUT2D eigenvalue weighted by molar-refractivity contribution is -0.116. The van der Waals surface area contributed by atoms with Crippen LogP contribution in [0, 0.1) is 0 Å². The van der Waals surface area contributed by atoms with Crippen LogP contribution < -0.4 is 16.0 Å². The summed E-state index contributed by atoms with van der Waals surface area (Å²) in [4.78, 5) is 12.8. The first-order valence-corrected chi connectivity index (χ1v) is 6.72. The van der Waals surface area contributed by atoms with Gasteiger partial charge in [-0.05, 0) is 6.42 Å². The van der Waals surface area contributed by atoms with E-state index in [1.165, 1.54) is 0 Å². The van der Waals surface area contributed by atoms with Crippen molar-refractivity contribution < 1.29 is 13.9 Å². The number of rotatable bonds is 11. The number of nitrogens with one attached hydrogen (secondary N) is 1. The van der Waals surface area contributed by atoms with Crippen LogP contribution >= 0.6 is 0 Å². The van der Waals surface area contributed by atoms with Gasteiger partial charge in [0.2, 0.25) is 11.8 Å². The summed E-state index contributed by atoms with van der Waals surface area (Å²) in [7, 11) is 1.64. The summed E-state index contributed by atoms with van der Waals surface area (Å²) in [6.07, 6.45) is 1.94. The van der Waals surface area contributed by atoms with Crippen molar-refractivity contribution in [3.63, 3.8) is 0 Å². The standard InChI is InChI=1S/C12H23N5O3/c1-3-4-6-17(9-10(13)18)12-16-15-11(20-12)8-14-5-7-19-2/h14H,3-9H2,1-2H3,(H2,13,18). The van der Waals surface area contributed by atoms with Crippen LogP contribution in [0.4, 0.5) is 6.01 Å². The number of ether oxygens (including phenoxy) is 1. The number of carbonyl (C=O) groups excluding carboxylic acids is 1. The summed E-state index contributed by atoms with van der Waals surface area (Å²) in [5.74, 6) is 0.0566. The fraction of sp³-hybridized carbons (Fsp3) is 0.750. The number of carbonyl (C=O) groups is 1. The minimum Gasteiger partial charge on any atom is -0.407 e. The molecule has 0 radical (unpaired) electrons. The lowest BCUT2D eigenvalue weighted by Crippen LogP contribution is -2.34. The quantitative estimate of drug-likeness (QED) is 0.547. The average molecular weight is 285 g/mol. The van der Waals surface area contributed by atoms with Crippen molar-refractivity contribution in [2.24, 2.45) is 5.73 Å². The summed E-state index contributed by atoms with van der Waals surface area (Å²) >= 11 is 0. The van der Waals surface area contributed by atoms with Crippen molar-refractivity contribution in [3.05, 3.63) is 5.89 Å². The second-order valence-electron chi connectivity index (χ2n) is 4.39. The molecule has 0 saturated carbocycles. The van der Waals surface area contributed by atoms with Crippen LogP contribution in [0.3, 0.4) is 0 Å². The molecule has 0 spiro atoms. The average Bonchev–Trinajstić information content (AvgIpc) is 2.88. The van der Waals surface area contributed by atoms with Crippen molar-refractivity contribution in [1.29, 1.82) is 0 Å². The summed E-state index contributed by atoms with van der Waals surface area (Å²) in [6.45, 7) is 4.60. The van der Waals surface area contributed by atoms with Crippen molar-refractivity contribution in [2.75, 3.05) is 38.3 Å². The molecule has 1 aromatic rings. The Morgan fingerprint density at radius 2 is 2.30 bits per heavy atom. The number of nitrogens with zero attached hydrogens (tertiary/aromatic N) is 3. The molecule has 1 aromatic heterocycles. The SMILES string of the molecule is CCCCN(CC(N)=O)c1nnc(CNCCOC)o1. The summed E-state index contributed by atoms with van der Waals surface area (Å²) in [5, 5.41) is 11.0. The first kappa shape index (κ1) is 16.4. The topological polar surface area (TPSA) is 107 Å². The van der Waals surface area contributed by atoms with E-state index in [1.54, 1.807) is 12.0 Å². The molecular formula is C12H23N5O3. The molecule has 0 aliphatic carbocycles. The molecule has 114 valence electrons. The third-order valence-electron chi connectivity index (χ3n) is 2.61. The number of hydrogen-bond acceptors (Lipinski definition) is 7. The first-order valence-electron chi connectivity index (χ1n) is 6.72. The molecule has 1 heterocycles. The minimum absolute atomic E-state index is 0.0821. The van der Waals surface area contributed by atoms with Gasteiger partial charge in [0.05, 0.1) is 13.2 Å². The van der Waals surface area contributed by atoms with Gasteiger partial charge in [-0.25, -0.2) is 0 Å². The molecular weight excluding hydrogens is 262 g/mol. The van der Waals surface area contributed by atoms with Gasteiger partial charge >= 0.3 is 6.01 Å². The lowest BCUT2D eigenvalue weighted by Gasteiger charge is -2.17. The first-order chi connectivity index (χ1) is 9.67. The van der Waals surface area contributed by atoms with Gasteiger partial charge in [-0.2, -0.15) is 0 Å². The maximum atomic E-state index is 11.1. The second kappa shape index (κ2) is 9.27. The maximum Gasteiger partial charge on any atom is 0.318 e. The molecule has 0 saturated heterocycles. The van der Waals surface area contributed by atoms with Gasteiger partial charge in [-0.3, -0.25) is 4.79 Å². The number of aromatic nitrogens is 2. The van der Waals surface area contributed by atoms with Gasteiger partial charge in [0.15, 0.2) is 0 Å². The van der Waals surface area contributed by atoms with Crippen molar-refractivity contribution in [3.8, 4) is 0 Å². The number of amides is 1. The second-order valence-corrected chi connectivity index (χ2v) is 4.39. The highest BCUT2D eigenvalue weighted by Gasteiger charge is 2.15. The Morgan fingerprint density at radius 1 is 1.50 bits per heavy atom. The molecule has 0 aliphatic rings. The van der Waals surface area contributed by atoms with E-state index in [4.69, 9.17) is 14.9 Å². The van der Waals surface area contributed by atoms with E-state index in [-0.39, 0.29) is 6.54 Å². The summed E-state index contributed by atoms with van der Waals surface area (Å²) < 4.78 is 10.4. The highest BCUT2D eigenvalue weighted by Crippen LogP contribution is 2.12. The maximum absolute atomic E-state index is 11.1. The van der Waals surface area contributed by atoms with Crippen molar-refractivity contribution in [1.82, 2.24) is 15.5 Å². The van der Waals surface area contributed by atoms with E-state index >= 15 is 0 Å². The van der Waals surface area contributed by atoms with E-state index in [0.717, 1.165) is 12.8 Å². The van der Waals surface area contributed by atoms with E-state index in [0.29, 0.717) is 38.1 Å². The molecule has 0 bridgehead atoms. The number of anilines is 1. The predicted octanol–water partition coefficient (Wildman–Crippen LogP) is -0.103. The van der Waals surface area contributed by atoms with Crippen LogP contribution in [0.25, 0.3) is 0 Å². The zero-order chi connectivity index (χ0) is 14.8. The van der Waals surface area contributed by atoms with Crippen LogP contribution in [0.15, 0.2) is 4.42 Å². The molecule has 0 fully saturated rings. The van der Waals surface area contributed by atoms with E-state index in [9.17, 15) is 4.79 Å². The molecule has 0 atom stereocenters. The largest absolute Gasteiger partial charge is 0.407 e. The number of methoxy groups -OCH3 is 1. The Kier molecular flexibility index (Phi) is 7.59. The van der Waals surface area contributed by atoms with E-state index in [1.807, 2.05) is 0 Å². The third kappa shape index (κ3) is 5.98. The number of primary amides is 1. The van der Waals surface area contributed by atoms with Gasteiger partial charge < -0.3 is 25.1 Å². The van der Waals surface area contributed by atoms with Crippen LogP contribution in [0.2, 0.25) is 0 Å². The molecule has 0 aromatic carbocycles. The zero-order valence-corrected chi connectivity index (χ0v) is 12.1. The van der Waals surface area contributed by atoms with Gasteiger partial charge in [0, 0.05) is 20.2 Å². The molecule has 3 N–H and O–H groups in total. The molecule has 8 heteroatoms. The highest BCUT2D eigenvalue weighted by atomic mass is 16.5. The smallest absolute Gasteiger partial charge is 0.318 e. The van der Waals surface area contributed by atoms with Gasteiger partial charge in [0.25, 0.3) is 0 Å². The summed E-state index contributed by atoms with van der Waals surface area (Å²) in [5.41, 5.74) is 5.23. The van der Waals surface area contributed by atoms with Crippen molar-refractivity contribution in [2.45, 2.75) is 26.3 Å². The van der Waals surface area contributed by atoms with Crippen LogP contribution in [-0.2, 0) is 16.1 Å². The fourth-order valence-corrected chi connectivity index (χ4v) is 1.59. The highest BCUT2D eigenvalue weighted by molar-refractivity contribution is 5.78. The molecule has 0 aliphatic heterocycles. The molecule has 8 nitrogen and oxygen atoms in total. The molecule has 1 amide bonds. The Hall–Kier alpha value is -1.67. The minimum atomic E-state index is -0.418. The zero-order valence-electron chi connectivity index (χ0n) is 12.1. The lowest BCUT2D eigenvalue weighted by atomic mass is 10.3. The fourth-order valence-electron chi connectivity index (χ4n) is 1.59. The molecule has 1 rings (SSSR count). The van der Waals surface area contributed by atoms with Crippen LogP contribution in [0.5, 0.6) is 0 Å². The van der Waals surface area contributed by atoms with Crippen LogP contribution in [0.1, 0.15) is 25.7 Å². The monoisotopic (exact) mass is 285 g/mol. The normalized spacial score (nSPS) is 10.7. The Balaban J connectivity index is 2.53. The third-order valence-corrected chi connectivity index (χ3v) is 2.61. The Labute approximate surface area is 118 Å². The molecule has 0 unspecified atom stereocenters. The number of hydrogen-bond donors (Lipinski definition) is 2. The Morgan fingerprint density at radius 3 is 2.95 bits per heavy atom. The number of unbranched alkanes of at least 4 members (excludes halogenated alkanes) is 1. The Bertz CT molecular complexity index is 396.